The van der Waals surface area contributed by atoms with Crippen molar-refractivity contribution in [2.45, 2.75) is 6.42 Å². The number of hydrogen-bond donors (Lipinski definition) is 1. The molecule has 0 aromatic carbocycles. The van der Waals surface area contributed by atoms with Gasteiger partial charge in [0.2, 0.25) is 0 Å². The van der Waals surface area contributed by atoms with E-state index in [9.17, 15) is 0 Å². The summed E-state index contributed by atoms with van der Waals surface area (Å²) in [5.41, 5.74) is 5.39. The third kappa shape index (κ3) is 3.43. The number of anilines is 1. The zero-order valence-electron chi connectivity index (χ0n) is 7.77. The summed E-state index contributed by atoms with van der Waals surface area (Å²) in [5.74, 6) is 0.755. The zero-order chi connectivity index (χ0) is 10.6. The van der Waals surface area contributed by atoms with E-state index in [1.807, 2.05) is 11.9 Å². The minimum atomic E-state index is 0.386. The van der Waals surface area contributed by atoms with E-state index in [0.717, 1.165) is 12.4 Å². The second-order valence-electron chi connectivity index (χ2n) is 2.85. The zero-order valence-corrected chi connectivity index (χ0v) is 9.35. The van der Waals surface area contributed by atoms with Crippen molar-refractivity contribution in [3.8, 4) is 0 Å². The van der Waals surface area contributed by atoms with Crippen molar-refractivity contribution in [1.29, 1.82) is 0 Å². The van der Waals surface area contributed by atoms with Gasteiger partial charge >= 0.3 is 0 Å². The van der Waals surface area contributed by atoms with Gasteiger partial charge in [0.15, 0.2) is 11.0 Å². The first-order valence-corrected chi connectivity index (χ1v) is 4.87. The molecule has 0 saturated carbocycles. The number of halogens is 1. The molecule has 0 radical (unpaired) electrons. The number of thiocarbonyl (C=S) groups is 1. The Morgan fingerprint density at radius 1 is 1.57 bits per heavy atom. The third-order valence-corrected chi connectivity index (χ3v) is 2.11. The first-order valence-electron chi connectivity index (χ1n) is 4.08. The van der Waals surface area contributed by atoms with Crippen LogP contribution in [0.3, 0.4) is 0 Å². The average molecular weight is 231 g/mol. The maximum Gasteiger partial charge on any atom is 0.151 e. The Balaban J connectivity index is 2.56. The highest BCUT2D eigenvalue weighted by molar-refractivity contribution is 7.80. The van der Waals surface area contributed by atoms with Crippen LogP contribution in [-0.4, -0.2) is 28.8 Å². The summed E-state index contributed by atoms with van der Waals surface area (Å²) in [6, 6.07) is 3.50. The predicted octanol–water partition coefficient (Wildman–Crippen LogP) is 1.24. The first kappa shape index (κ1) is 11.1. The summed E-state index contributed by atoms with van der Waals surface area (Å²) >= 11 is 10.4. The van der Waals surface area contributed by atoms with E-state index in [1.54, 1.807) is 12.1 Å². The average Bonchev–Trinajstić information content (AvgIpc) is 2.15. The van der Waals surface area contributed by atoms with Gasteiger partial charge in [0.1, 0.15) is 0 Å². The fourth-order valence-electron chi connectivity index (χ4n) is 0.905. The van der Waals surface area contributed by atoms with Crippen LogP contribution in [0, 0.1) is 0 Å². The Morgan fingerprint density at radius 2 is 2.29 bits per heavy atom. The Morgan fingerprint density at radius 3 is 2.79 bits per heavy atom. The maximum absolute atomic E-state index is 5.61. The van der Waals surface area contributed by atoms with Crippen LogP contribution in [0.2, 0.25) is 5.15 Å². The van der Waals surface area contributed by atoms with Crippen LogP contribution in [0.4, 0.5) is 5.82 Å². The number of rotatable bonds is 4. The molecule has 1 aromatic rings. The van der Waals surface area contributed by atoms with E-state index in [1.165, 1.54) is 0 Å². The monoisotopic (exact) mass is 230 g/mol. The Bertz CT molecular complexity index is 314. The predicted molar refractivity (Wildman–Crippen MR) is 61.7 cm³/mol. The van der Waals surface area contributed by atoms with Crippen molar-refractivity contribution in [2.75, 3.05) is 18.5 Å². The summed E-state index contributed by atoms with van der Waals surface area (Å²) < 4.78 is 0. The van der Waals surface area contributed by atoms with Crippen LogP contribution in [0.1, 0.15) is 6.42 Å². The summed E-state index contributed by atoms with van der Waals surface area (Å²) in [7, 11) is 1.90. The van der Waals surface area contributed by atoms with Crippen LogP contribution in [0.5, 0.6) is 0 Å². The molecule has 0 atom stereocenters. The van der Waals surface area contributed by atoms with Crippen molar-refractivity contribution >= 4 is 34.6 Å². The van der Waals surface area contributed by atoms with Gasteiger partial charge in [-0.05, 0) is 12.1 Å². The molecular weight excluding hydrogens is 220 g/mol. The SMILES string of the molecule is CN(CCC(N)=S)c1ccc(Cl)nn1. The molecule has 0 unspecified atom stereocenters. The lowest BCUT2D eigenvalue weighted by atomic mass is 10.4. The fourth-order valence-corrected chi connectivity index (χ4v) is 1.10. The molecule has 1 rings (SSSR count). The smallest absolute Gasteiger partial charge is 0.151 e. The van der Waals surface area contributed by atoms with Gasteiger partial charge in [-0.25, -0.2) is 0 Å². The lowest BCUT2D eigenvalue weighted by Gasteiger charge is -2.16. The van der Waals surface area contributed by atoms with E-state index < -0.39 is 0 Å². The highest BCUT2D eigenvalue weighted by Crippen LogP contribution is 2.10. The van der Waals surface area contributed by atoms with Crippen molar-refractivity contribution in [3.63, 3.8) is 0 Å². The van der Waals surface area contributed by atoms with Crippen LogP contribution in [0.25, 0.3) is 0 Å². The largest absolute Gasteiger partial charge is 0.393 e. The molecule has 2 N–H and O–H groups in total. The van der Waals surface area contributed by atoms with E-state index in [-0.39, 0.29) is 0 Å². The molecule has 14 heavy (non-hydrogen) atoms. The van der Waals surface area contributed by atoms with Crippen LogP contribution in [0.15, 0.2) is 12.1 Å². The molecule has 0 amide bonds. The number of nitrogens with zero attached hydrogens (tertiary/aromatic N) is 3. The second-order valence-corrected chi connectivity index (χ2v) is 3.76. The summed E-state index contributed by atoms with van der Waals surface area (Å²) in [4.78, 5) is 2.42. The number of aromatic nitrogens is 2. The van der Waals surface area contributed by atoms with E-state index >= 15 is 0 Å². The normalized spacial score (nSPS) is 9.86. The Kier molecular flexibility index (Phi) is 4.03. The lowest BCUT2D eigenvalue weighted by Crippen LogP contribution is -2.24. The molecule has 4 nitrogen and oxygen atoms in total. The Labute approximate surface area is 93.1 Å². The van der Waals surface area contributed by atoms with Gasteiger partial charge in [0.25, 0.3) is 0 Å². The van der Waals surface area contributed by atoms with Gasteiger partial charge in [-0.2, -0.15) is 0 Å². The highest BCUT2D eigenvalue weighted by atomic mass is 35.5. The summed E-state index contributed by atoms with van der Waals surface area (Å²) in [6.07, 6.45) is 0.663. The molecule has 1 aromatic heterocycles. The molecule has 1 heterocycles. The minimum Gasteiger partial charge on any atom is -0.393 e. The van der Waals surface area contributed by atoms with Gasteiger partial charge < -0.3 is 10.6 Å². The third-order valence-electron chi connectivity index (χ3n) is 1.70. The summed E-state index contributed by atoms with van der Waals surface area (Å²) in [6.45, 7) is 0.728. The molecule has 0 aliphatic heterocycles. The molecular formula is C8H11ClN4S. The van der Waals surface area contributed by atoms with Crippen molar-refractivity contribution in [2.24, 2.45) is 5.73 Å². The molecule has 0 spiro atoms. The molecule has 0 bridgehead atoms. The molecule has 6 heteroatoms. The van der Waals surface area contributed by atoms with Crippen LogP contribution in [-0.2, 0) is 0 Å². The van der Waals surface area contributed by atoms with Gasteiger partial charge in [-0.15, -0.1) is 10.2 Å². The highest BCUT2D eigenvalue weighted by Gasteiger charge is 2.03. The molecule has 0 fully saturated rings. The van der Waals surface area contributed by atoms with Crippen LogP contribution < -0.4 is 10.6 Å². The van der Waals surface area contributed by atoms with Crippen molar-refractivity contribution in [3.05, 3.63) is 17.3 Å². The quantitative estimate of drug-likeness (QED) is 0.789. The Hall–Kier alpha value is -0.940. The van der Waals surface area contributed by atoms with Gasteiger partial charge in [-0.3, -0.25) is 0 Å². The maximum atomic E-state index is 5.61. The molecule has 76 valence electrons. The molecule has 0 saturated heterocycles. The lowest BCUT2D eigenvalue weighted by molar-refractivity contribution is 0.869. The standard InChI is InChI=1S/C8H11ClN4S/c1-13(5-4-7(10)14)8-3-2-6(9)11-12-8/h2-3H,4-5H2,1H3,(H2,10,14). The van der Waals surface area contributed by atoms with Crippen molar-refractivity contribution in [1.82, 2.24) is 10.2 Å². The van der Waals surface area contributed by atoms with Crippen molar-refractivity contribution < 1.29 is 0 Å². The minimum absolute atomic E-state index is 0.386. The second kappa shape index (κ2) is 5.07. The van der Waals surface area contributed by atoms with Gasteiger partial charge in [0.05, 0.1) is 4.99 Å². The van der Waals surface area contributed by atoms with Gasteiger partial charge in [0, 0.05) is 20.0 Å². The number of nitrogens with two attached hydrogens (primary N) is 1. The molecule has 0 aliphatic carbocycles. The van der Waals surface area contributed by atoms with Gasteiger partial charge in [-0.1, -0.05) is 23.8 Å². The topological polar surface area (TPSA) is 55.0 Å². The summed E-state index contributed by atoms with van der Waals surface area (Å²) in [5, 5.41) is 8.04. The number of hydrogen-bond acceptors (Lipinski definition) is 4. The first-order chi connectivity index (χ1) is 6.59. The molecule has 0 aliphatic rings. The fraction of sp³-hybridized carbons (Fsp3) is 0.375. The van der Waals surface area contributed by atoms with E-state index in [4.69, 9.17) is 29.6 Å². The van der Waals surface area contributed by atoms with Crippen LogP contribution >= 0.6 is 23.8 Å². The van der Waals surface area contributed by atoms with E-state index in [0.29, 0.717) is 16.6 Å². The van der Waals surface area contributed by atoms with E-state index in [2.05, 4.69) is 10.2 Å².